The molecule has 2 heterocycles. The Labute approximate surface area is 116 Å². The molecule has 0 radical (unpaired) electrons. The van der Waals surface area contributed by atoms with Gasteiger partial charge in [-0.15, -0.1) is 0 Å². The van der Waals surface area contributed by atoms with Gasteiger partial charge in [-0.3, -0.25) is 4.79 Å². The van der Waals surface area contributed by atoms with Crippen LogP contribution in [0.1, 0.15) is 16.8 Å². The molecule has 0 spiro atoms. The second-order valence-electron chi connectivity index (χ2n) is 4.06. The van der Waals surface area contributed by atoms with E-state index in [1.807, 2.05) is 0 Å². The normalized spacial score (nSPS) is 12.0. The van der Waals surface area contributed by atoms with E-state index in [9.17, 15) is 18.0 Å². The van der Waals surface area contributed by atoms with Gasteiger partial charge in [0.05, 0.1) is 11.6 Å². The zero-order valence-corrected chi connectivity index (χ0v) is 10.9. The monoisotopic (exact) mass is 306 g/mol. The van der Waals surface area contributed by atoms with E-state index in [4.69, 9.17) is 11.6 Å². The van der Waals surface area contributed by atoms with Crippen LogP contribution in [0.4, 0.5) is 13.2 Å². The van der Waals surface area contributed by atoms with Crippen LogP contribution in [0, 0.1) is 0 Å². The number of carbonyl (C=O) groups excluding carboxylic acids is 1. The molecule has 2 aromatic rings. The molecule has 0 aliphatic carbocycles. The summed E-state index contributed by atoms with van der Waals surface area (Å²) in [5.74, 6) is -0.353. The van der Waals surface area contributed by atoms with Crippen molar-refractivity contribution >= 4 is 28.4 Å². The summed E-state index contributed by atoms with van der Waals surface area (Å²) < 4.78 is 40.0. The number of rotatable bonds is 5. The summed E-state index contributed by atoms with van der Waals surface area (Å²) in [6.45, 7) is -1.67. The van der Waals surface area contributed by atoms with Gasteiger partial charge in [-0.25, -0.2) is 4.98 Å². The third kappa shape index (κ3) is 3.49. The van der Waals surface area contributed by atoms with Crippen LogP contribution in [-0.4, -0.2) is 35.1 Å². The van der Waals surface area contributed by atoms with Gasteiger partial charge in [-0.05, 0) is 6.07 Å². The number of H-pyrrole nitrogens is 1. The largest absolute Gasteiger partial charge is 0.411 e. The summed E-state index contributed by atoms with van der Waals surface area (Å²) in [5, 5.41) is 0.825. The summed E-state index contributed by atoms with van der Waals surface area (Å²) in [5.41, 5.74) is 0.755. The molecule has 1 N–H and O–H groups in total. The second-order valence-corrected chi connectivity index (χ2v) is 4.47. The maximum atomic E-state index is 11.9. The van der Waals surface area contributed by atoms with E-state index in [-0.39, 0.29) is 18.8 Å². The quantitative estimate of drug-likeness (QED) is 0.680. The summed E-state index contributed by atoms with van der Waals surface area (Å²) in [7, 11) is 0. The van der Waals surface area contributed by atoms with Crippen LogP contribution in [0.2, 0.25) is 5.02 Å². The van der Waals surface area contributed by atoms with Crippen molar-refractivity contribution in [2.45, 2.75) is 12.6 Å². The fourth-order valence-corrected chi connectivity index (χ4v) is 1.97. The van der Waals surface area contributed by atoms with Crippen LogP contribution in [0.5, 0.6) is 0 Å². The topological polar surface area (TPSA) is 55.0 Å². The number of halogens is 4. The van der Waals surface area contributed by atoms with Gasteiger partial charge in [0.15, 0.2) is 5.78 Å². The van der Waals surface area contributed by atoms with Gasteiger partial charge in [0.1, 0.15) is 12.3 Å². The summed E-state index contributed by atoms with van der Waals surface area (Å²) in [6, 6.07) is 1.54. The number of ketones is 1. The molecule has 2 aromatic heterocycles. The van der Waals surface area contributed by atoms with Crippen LogP contribution >= 0.6 is 11.6 Å². The molecule has 108 valence electrons. The number of pyridine rings is 1. The molecule has 0 fully saturated rings. The van der Waals surface area contributed by atoms with E-state index >= 15 is 0 Å². The Morgan fingerprint density at radius 2 is 2.20 bits per heavy atom. The van der Waals surface area contributed by atoms with E-state index < -0.39 is 12.8 Å². The van der Waals surface area contributed by atoms with Crippen molar-refractivity contribution in [3.05, 3.63) is 29.0 Å². The van der Waals surface area contributed by atoms with E-state index in [2.05, 4.69) is 14.7 Å². The first-order chi connectivity index (χ1) is 9.38. The average molecular weight is 307 g/mol. The SMILES string of the molecule is O=C(CCOCC(F)(F)F)c1c[nH]c2nccc(Cl)c12. The maximum Gasteiger partial charge on any atom is 0.411 e. The van der Waals surface area contributed by atoms with E-state index in [0.717, 1.165) is 0 Å². The van der Waals surface area contributed by atoms with Crippen molar-refractivity contribution in [1.29, 1.82) is 0 Å². The Kier molecular flexibility index (Phi) is 4.29. The van der Waals surface area contributed by atoms with Crippen LogP contribution in [0.3, 0.4) is 0 Å². The van der Waals surface area contributed by atoms with E-state index in [1.54, 1.807) is 0 Å². The van der Waals surface area contributed by atoms with Gasteiger partial charge >= 0.3 is 6.18 Å². The highest BCUT2D eigenvalue weighted by Gasteiger charge is 2.27. The molecule has 0 aliphatic rings. The molecule has 0 aliphatic heterocycles. The number of carbonyl (C=O) groups is 1. The number of fused-ring (bicyclic) bond motifs is 1. The minimum absolute atomic E-state index is 0.158. The number of nitrogens with one attached hydrogen (secondary N) is 1. The fraction of sp³-hybridized carbons (Fsp3) is 0.333. The highest BCUT2D eigenvalue weighted by molar-refractivity contribution is 6.36. The lowest BCUT2D eigenvalue weighted by Gasteiger charge is -2.06. The van der Waals surface area contributed by atoms with Gasteiger partial charge in [-0.1, -0.05) is 11.6 Å². The zero-order chi connectivity index (χ0) is 14.8. The smallest absolute Gasteiger partial charge is 0.372 e. The molecule has 2 rings (SSSR count). The summed E-state index contributed by atoms with van der Waals surface area (Å²) >= 11 is 5.98. The predicted molar refractivity (Wildman–Crippen MR) is 66.9 cm³/mol. The fourth-order valence-electron chi connectivity index (χ4n) is 1.72. The number of aromatic nitrogens is 2. The molecule has 4 nitrogen and oxygen atoms in total. The minimum Gasteiger partial charge on any atom is -0.372 e. The lowest BCUT2D eigenvalue weighted by Crippen LogP contribution is -2.18. The number of aromatic amines is 1. The van der Waals surface area contributed by atoms with Crippen molar-refractivity contribution in [2.24, 2.45) is 0 Å². The van der Waals surface area contributed by atoms with E-state index in [0.29, 0.717) is 21.6 Å². The van der Waals surface area contributed by atoms with Crippen LogP contribution in [0.15, 0.2) is 18.5 Å². The molecule has 8 heteroatoms. The zero-order valence-electron chi connectivity index (χ0n) is 10.1. The lowest BCUT2D eigenvalue weighted by atomic mass is 10.1. The molecule has 0 unspecified atom stereocenters. The van der Waals surface area contributed by atoms with Crippen molar-refractivity contribution in [2.75, 3.05) is 13.2 Å². The first kappa shape index (κ1) is 14.8. The standard InChI is InChI=1S/C12H10ClF3N2O2/c13-8-1-3-17-11-10(8)7(5-18-11)9(19)2-4-20-6-12(14,15)16/h1,3,5H,2,4,6H2,(H,17,18). The molecule has 0 saturated carbocycles. The molecule has 0 aromatic carbocycles. The van der Waals surface area contributed by atoms with Crippen LogP contribution in [0.25, 0.3) is 11.0 Å². The second kappa shape index (κ2) is 5.80. The molecule has 0 bridgehead atoms. The molecule has 20 heavy (non-hydrogen) atoms. The molecular formula is C12H10ClF3N2O2. The van der Waals surface area contributed by atoms with Gasteiger partial charge in [-0.2, -0.15) is 13.2 Å². The van der Waals surface area contributed by atoms with Crippen LogP contribution in [-0.2, 0) is 4.74 Å². The van der Waals surface area contributed by atoms with Gasteiger partial charge < -0.3 is 9.72 Å². The van der Waals surface area contributed by atoms with Gasteiger partial charge in [0.25, 0.3) is 0 Å². The Morgan fingerprint density at radius 1 is 1.45 bits per heavy atom. The third-order valence-electron chi connectivity index (χ3n) is 2.56. The van der Waals surface area contributed by atoms with Crippen LogP contribution < -0.4 is 0 Å². The van der Waals surface area contributed by atoms with Gasteiger partial charge in [0, 0.05) is 29.8 Å². The molecule has 0 amide bonds. The Morgan fingerprint density at radius 3 is 2.90 bits per heavy atom. The number of hydrogen-bond donors (Lipinski definition) is 1. The Hall–Kier alpha value is -1.60. The first-order valence-electron chi connectivity index (χ1n) is 5.68. The number of nitrogens with zero attached hydrogens (tertiary/aromatic N) is 1. The van der Waals surface area contributed by atoms with Crippen molar-refractivity contribution in [1.82, 2.24) is 9.97 Å². The number of Topliss-reactive ketones (excluding diaryl/α,β-unsaturated/α-hetero) is 1. The number of alkyl halides is 3. The third-order valence-corrected chi connectivity index (χ3v) is 2.88. The first-order valence-corrected chi connectivity index (χ1v) is 6.05. The van der Waals surface area contributed by atoms with Crippen molar-refractivity contribution in [3.8, 4) is 0 Å². The average Bonchev–Trinajstić information content (AvgIpc) is 2.78. The maximum absolute atomic E-state index is 11.9. The number of ether oxygens (including phenoxy) is 1. The summed E-state index contributed by atoms with van der Waals surface area (Å²) in [6.07, 6.45) is -1.62. The van der Waals surface area contributed by atoms with Crippen molar-refractivity contribution < 1.29 is 22.7 Å². The highest BCUT2D eigenvalue weighted by Crippen LogP contribution is 2.25. The molecule has 0 atom stereocenters. The van der Waals surface area contributed by atoms with Crippen molar-refractivity contribution in [3.63, 3.8) is 0 Å². The lowest BCUT2D eigenvalue weighted by molar-refractivity contribution is -0.173. The van der Waals surface area contributed by atoms with Gasteiger partial charge in [0.2, 0.25) is 0 Å². The molecular weight excluding hydrogens is 297 g/mol. The van der Waals surface area contributed by atoms with E-state index in [1.165, 1.54) is 18.5 Å². The minimum atomic E-state index is -4.39. The predicted octanol–water partition coefficient (Wildman–Crippen LogP) is 3.37. The Balaban J connectivity index is 2.02. The summed E-state index contributed by atoms with van der Waals surface area (Å²) in [4.78, 5) is 18.7. The highest BCUT2D eigenvalue weighted by atomic mass is 35.5. The number of hydrogen-bond acceptors (Lipinski definition) is 3. The Bertz CT molecular complexity index is 625. The molecule has 0 saturated heterocycles.